The first-order valence-electron chi connectivity index (χ1n) is 11.1. The van der Waals surface area contributed by atoms with Gasteiger partial charge in [-0.1, -0.05) is 75.4 Å². The molecule has 0 aliphatic carbocycles. The van der Waals surface area contributed by atoms with Crippen LogP contribution >= 0.6 is 0 Å². The quantitative estimate of drug-likeness (QED) is 0.609. The maximum Gasteiger partial charge on any atom is 0.217 e. The van der Waals surface area contributed by atoms with Gasteiger partial charge in [-0.05, 0) is 23.0 Å². The molecule has 1 fully saturated rings. The summed E-state index contributed by atoms with van der Waals surface area (Å²) in [6.07, 6.45) is 2.49. The first kappa shape index (κ1) is 21.6. The molecule has 29 heavy (non-hydrogen) atoms. The van der Waals surface area contributed by atoms with Crippen molar-refractivity contribution in [2.45, 2.75) is 58.5 Å². The van der Waals surface area contributed by atoms with Crippen LogP contribution in [0.15, 0.2) is 54.6 Å². The highest BCUT2D eigenvalue weighted by atomic mass is 16.1. The Hall–Kier alpha value is -2.13. The normalized spacial score (nSPS) is 19.0. The van der Waals surface area contributed by atoms with Gasteiger partial charge < -0.3 is 9.80 Å². The number of amides is 1. The highest BCUT2D eigenvalue weighted by molar-refractivity contribution is 5.73. The van der Waals surface area contributed by atoms with Gasteiger partial charge in [0.2, 0.25) is 5.91 Å². The van der Waals surface area contributed by atoms with Gasteiger partial charge in [-0.15, -0.1) is 0 Å². The Kier molecular flexibility index (Phi) is 6.79. The number of hydrogen-bond acceptors (Lipinski definition) is 1. The average Bonchev–Trinajstić information content (AvgIpc) is 3.15. The van der Waals surface area contributed by atoms with Gasteiger partial charge in [0.05, 0.1) is 20.1 Å². The van der Waals surface area contributed by atoms with E-state index in [2.05, 4.69) is 81.7 Å². The van der Waals surface area contributed by atoms with Gasteiger partial charge in [-0.2, -0.15) is 0 Å². The van der Waals surface area contributed by atoms with E-state index >= 15 is 0 Å². The summed E-state index contributed by atoms with van der Waals surface area (Å²) in [6.45, 7) is 10.8. The number of hydrogen-bond donors (Lipinski definition) is 1. The summed E-state index contributed by atoms with van der Waals surface area (Å²) < 4.78 is 0.971. The molecule has 1 heterocycles. The zero-order valence-electron chi connectivity index (χ0n) is 18.7. The van der Waals surface area contributed by atoms with Gasteiger partial charge in [0, 0.05) is 25.3 Å². The highest BCUT2D eigenvalue weighted by Gasteiger charge is 2.43. The summed E-state index contributed by atoms with van der Waals surface area (Å²) >= 11 is 0. The Bertz CT molecular complexity index is 791. The van der Waals surface area contributed by atoms with E-state index in [-0.39, 0.29) is 18.0 Å². The maximum absolute atomic E-state index is 12.2. The number of quaternary nitrogens is 1. The first-order chi connectivity index (χ1) is 13.8. The molecule has 3 heteroatoms. The van der Waals surface area contributed by atoms with E-state index in [4.69, 9.17) is 0 Å². The van der Waals surface area contributed by atoms with E-state index in [0.717, 1.165) is 17.6 Å². The lowest BCUT2D eigenvalue weighted by atomic mass is 9.86. The second kappa shape index (κ2) is 9.13. The molecule has 0 saturated carbocycles. The van der Waals surface area contributed by atoms with E-state index in [9.17, 15) is 4.79 Å². The van der Waals surface area contributed by atoms with Crippen LogP contribution in [0.3, 0.4) is 0 Å². The fourth-order valence-electron chi connectivity index (χ4n) is 4.85. The van der Waals surface area contributed by atoms with Crippen molar-refractivity contribution >= 4 is 5.91 Å². The Labute approximate surface area is 176 Å². The zero-order chi connectivity index (χ0) is 21.0. The van der Waals surface area contributed by atoms with Crippen LogP contribution in [0.1, 0.15) is 75.2 Å². The minimum Gasteiger partial charge on any atom is -0.343 e. The summed E-state index contributed by atoms with van der Waals surface area (Å²) in [5.74, 6) is 1.19. The molecule has 0 spiro atoms. The Morgan fingerprint density at radius 1 is 0.862 bits per heavy atom. The molecule has 0 aromatic heterocycles. The Morgan fingerprint density at radius 3 is 1.93 bits per heavy atom. The van der Waals surface area contributed by atoms with Crippen molar-refractivity contribution in [2.75, 3.05) is 20.1 Å². The van der Waals surface area contributed by atoms with Gasteiger partial charge in [-0.3, -0.25) is 4.79 Å². The molecule has 2 aromatic carbocycles. The number of carbonyl (C=O) groups is 1. The lowest BCUT2D eigenvalue weighted by molar-refractivity contribution is -0.930. The molecule has 1 aliphatic heterocycles. The summed E-state index contributed by atoms with van der Waals surface area (Å²) in [7, 11) is 2.36. The van der Waals surface area contributed by atoms with Crippen LogP contribution in [0.2, 0.25) is 0 Å². The van der Waals surface area contributed by atoms with Crippen molar-refractivity contribution in [1.29, 1.82) is 0 Å². The molecule has 1 N–H and O–H groups in total. The molecule has 1 saturated heterocycles. The Morgan fingerprint density at radius 2 is 1.41 bits per heavy atom. The van der Waals surface area contributed by atoms with Gasteiger partial charge in [-0.25, -0.2) is 0 Å². The lowest BCUT2D eigenvalue weighted by Crippen LogP contribution is -2.50. The Balaban J connectivity index is 2.05. The summed E-state index contributed by atoms with van der Waals surface area (Å²) in [5, 5.41) is 3.30. The molecule has 3 rings (SSSR count). The molecular weight excluding hydrogens is 356 g/mol. The van der Waals surface area contributed by atoms with Crippen LogP contribution in [0, 0.1) is 5.92 Å². The predicted octanol–water partition coefficient (Wildman–Crippen LogP) is 5.61. The van der Waals surface area contributed by atoms with Crippen molar-refractivity contribution < 1.29 is 9.28 Å². The second-order valence-electron chi connectivity index (χ2n) is 9.37. The SMILES string of the molecule is CC(=O)N[C@@H](c1ccccc1)C(c1ccc([C@@H](C)C(C)C)cc1)[N+]1(C)CCCC1. The third-order valence-electron chi connectivity index (χ3n) is 6.90. The molecule has 156 valence electrons. The predicted molar refractivity (Wildman–Crippen MR) is 121 cm³/mol. The van der Waals surface area contributed by atoms with Crippen molar-refractivity contribution in [1.82, 2.24) is 5.32 Å². The summed E-state index contributed by atoms with van der Waals surface area (Å²) in [4.78, 5) is 12.2. The van der Waals surface area contributed by atoms with Crippen molar-refractivity contribution in [2.24, 2.45) is 5.92 Å². The van der Waals surface area contributed by atoms with Crippen LogP contribution in [-0.2, 0) is 4.79 Å². The first-order valence-corrected chi connectivity index (χ1v) is 11.1. The fourth-order valence-corrected chi connectivity index (χ4v) is 4.85. The lowest BCUT2D eigenvalue weighted by Gasteiger charge is -2.42. The molecule has 3 nitrogen and oxygen atoms in total. The van der Waals surface area contributed by atoms with Crippen LogP contribution in [0.5, 0.6) is 0 Å². The number of rotatable bonds is 7. The third kappa shape index (κ3) is 4.90. The molecule has 2 aromatic rings. The number of likely N-dealkylation sites (N-methyl/N-ethyl adjacent to an activating group) is 1. The number of likely N-dealkylation sites (tertiary alicyclic amines) is 1. The van der Waals surface area contributed by atoms with Crippen LogP contribution in [0.4, 0.5) is 0 Å². The second-order valence-corrected chi connectivity index (χ2v) is 9.37. The fraction of sp³-hybridized carbons (Fsp3) is 0.500. The smallest absolute Gasteiger partial charge is 0.217 e. The van der Waals surface area contributed by atoms with E-state index < -0.39 is 0 Å². The molecule has 1 amide bonds. The number of nitrogens with zero attached hydrogens (tertiary/aromatic N) is 1. The van der Waals surface area contributed by atoms with E-state index in [1.54, 1.807) is 6.92 Å². The topological polar surface area (TPSA) is 29.1 Å². The molecule has 3 atom stereocenters. The standard InChI is InChI=1S/C26H36N2O/c1-19(2)20(3)22-13-15-24(16-14-22)26(28(5)17-9-10-18-28)25(27-21(4)29)23-11-7-6-8-12-23/h6-8,11-16,19-20,25-26H,9-10,17-18H2,1-5H3/p+1/t20-,25-,26?/m0/s1. The summed E-state index contributed by atoms with van der Waals surface area (Å²) in [6, 6.07) is 19.8. The van der Waals surface area contributed by atoms with Crippen LogP contribution < -0.4 is 5.32 Å². The number of nitrogens with one attached hydrogen (secondary N) is 1. The zero-order valence-corrected chi connectivity index (χ0v) is 18.7. The van der Waals surface area contributed by atoms with Gasteiger partial charge in [0.1, 0.15) is 12.1 Å². The number of benzene rings is 2. The average molecular weight is 394 g/mol. The monoisotopic (exact) mass is 393 g/mol. The molecule has 0 radical (unpaired) electrons. The van der Waals surface area contributed by atoms with Crippen molar-refractivity contribution in [3.8, 4) is 0 Å². The number of carbonyl (C=O) groups excluding carboxylic acids is 1. The van der Waals surface area contributed by atoms with Gasteiger partial charge >= 0.3 is 0 Å². The highest BCUT2D eigenvalue weighted by Crippen LogP contribution is 2.41. The van der Waals surface area contributed by atoms with Crippen molar-refractivity contribution in [3.05, 3.63) is 71.3 Å². The van der Waals surface area contributed by atoms with Crippen LogP contribution in [0.25, 0.3) is 0 Å². The van der Waals surface area contributed by atoms with Crippen LogP contribution in [-0.4, -0.2) is 30.5 Å². The molecule has 1 aliphatic rings. The van der Waals surface area contributed by atoms with E-state index in [0.29, 0.717) is 11.8 Å². The largest absolute Gasteiger partial charge is 0.343 e. The van der Waals surface area contributed by atoms with Gasteiger partial charge in [0.25, 0.3) is 0 Å². The minimum absolute atomic E-state index is 0.0275. The maximum atomic E-state index is 12.2. The third-order valence-corrected chi connectivity index (χ3v) is 6.90. The molecule has 0 bridgehead atoms. The summed E-state index contributed by atoms with van der Waals surface area (Å²) in [5.41, 5.74) is 3.89. The van der Waals surface area contributed by atoms with E-state index in [1.807, 2.05) is 6.07 Å². The molecular formula is C26H37N2O+. The minimum atomic E-state index is -0.0369. The van der Waals surface area contributed by atoms with Crippen molar-refractivity contribution in [3.63, 3.8) is 0 Å². The van der Waals surface area contributed by atoms with E-state index in [1.165, 1.54) is 29.5 Å². The molecule has 1 unspecified atom stereocenters. The van der Waals surface area contributed by atoms with Gasteiger partial charge in [0.15, 0.2) is 0 Å².